The van der Waals surface area contributed by atoms with Gasteiger partial charge in [0, 0.05) is 5.69 Å². The van der Waals surface area contributed by atoms with E-state index >= 15 is 0 Å². The molecule has 7 heteroatoms. The normalized spacial score (nSPS) is 11.8. The van der Waals surface area contributed by atoms with Crippen molar-refractivity contribution in [2.75, 3.05) is 4.72 Å². The lowest BCUT2D eigenvalue weighted by Crippen LogP contribution is -2.11. The lowest BCUT2D eigenvalue weighted by Gasteiger charge is -2.09. The summed E-state index contributed by atoms with van der Waals surface area (Å²) < 4.78 is 27.7. The van der Waals surface area contributed by atoms with Crippen LogP contribution >= 0.6 is 38.9 Å². The molecule has 0 saturated carbocycles. The minimum absolute atomic E-state index is 0.183. The third-order valence-corrected chi connectivity index (χ3v) is 7.05. The molecular weight excluding hydrogens is 382 g/mol. The molecule has 3 nitrogen and oxygen atoms in total. The minimum Gasteiger partial charge on any atom is -0.279 e. The fourth-order valence-electron chi connectivity index (χ4n) is 1.60. The summed E-state index contributed by atoms with van der Waals surface area (Å²) in [5.74, 6) is 0.410. The predicted octanol–water partition coefficient (Wildman–Crippen LogP) is 5.09. The number of halogens is 2. The molecule has 0 aliphatic rings. The van der Waals surface area contributed by atoms with Crippen LogP contribution in [0, 0.1) is 0 Å². The molecule has 1 heterocycles. The van der Waals surface area contributed by atoms with E-state index < -0.39 is 10.0 Å². The second-order valence-electron chi connectivity index (χ2n) is 4.57. The Morgan fingerprint density at radius 1 is 1.25 bits per heavy atom. The average Bonchev–Trinajstić information content (AvgIpc) is 2.71. The van der Waals surface area contributed by atoms with Crippen molar-refractivity contribution >= 4 is 54.6 Å². The summed E-state index contributed by atoms with van der Waals surface area (Å²) in [6.07, 6.45) is 0. The number of rotatable bonds is 4. The zero-order valence-corrected chi connectivity index (χ0v) is 14.8. The fourth-order valence-corrected chi connectivity index (χ4v) is 5.06. The van der Waals surface area contributed by atoms with Crippen molar-refractivity contribution in [2.45, 2.75) is 24.0 Å². The van der Waals surface area contributed by atoms with Gasteiger partial charge >= 0.3 is 0 Å². The monoisotopic (exact) mass is 393 g/mol. The number of hydrogen-bond donors (Lipinski definition) is 1. The van der Waals surface area contributed by atoms with Crippen molar-refractivity contribution in [1.82, 2.24) is 0 Å². The van der Waals surface area contributed by atoms with E-state index in [-0.39, 0.29) is 4.21 Å². The lowest BCUT2D eigenvalue weighted by molar-refractivity contribution is 0.603. The molecule has 0 atom stereocenters. The number of anilines is 1. The highest BCUT2D eigenvalue weighted by Gasteiger charge is 2.19. The Hall–Kier alpha value is -0.560. The van der Waals surface area contributed by atoms with Crippen LogP contribution in [0.25, 0.3) is 0 Å². The average molecular weight is 395 g/mol. The maximum Gasteiger partial charge on any atom is 0.271 e. The minimum atomic E-state index is -3.59. The lowest BCUT2D eigenvalue weighted by atomic mass is 10.0. The highest BCUT2D eigenvalue weighted by atomic mass is 79.9. The molecule has 0 spiro atoms. The van der Waals surface area contributed by atoms with Crippen molar-refractivity contribution < 1.29 is 8.42 Å². The summed E-state index contributed by atoms with van der Waals surface area (Å²) in [5.41, 5.74) is 1.70. The Balaban J connectivity index is 2.24. The second kappa shape index (κ2) is 6.05. The maximum absolute atomic E-state index is 12.2. The van der Waals surface area contributed by atoms with Crippen LogP contribution in [0.15, 0.2) is 38.3 Å². The van der Waals surface area contributed by atoms with Gasteiger partial charge in [0.15, 0.2) is 0 Å². The molecule has 0 aliphatic carbocycles. The van der Waals surface area contributed by atoms with Gasteiger partial charge in [0.05, 0.1) is 8.81 Å². The molecule has 20 heavy (non-hydrogen) atoms. The number of benzene rings is 1. The van der Waals surface area contributed by atoms with Crippen LogP contribution < -0.4 is 4.72 Å². The van der Waals surface area contributed by atoms with Crippen LogP contribution in [-0.4, -0.2) is 8.42 Å². The number of hydrogen-bond acceptors (Lipinski definition) is 3. The Kier molecular flexibility index (Phi) is 4.79. The van der Waals surface area contributed by atoms with E-state index in [1.54, 1.807) is 12.1 Å². The van der Waals surface area contributed by atoms with Crippen molar-refractivity contribution in [3.8, 4) is 0 Å². The fraction of sp³-hybridized carbons (Fsp3) is 0.231. The highest BCUT2D eigenvalue weighted by Crippen LogP contribution is 2.35. The molecule has 0 radical (unpaired) electrons. The molecule has 1 N–H and O–H groups in total. The highest BCUT2D eigenvalue weighted by molar-refractivity contribution is 9.11. The Morgan fingerprint density at radius 3 is 2.30 bits per heavy atom. The van der Waals surface area contributed by atoms with E-state index in [9.17, 15) is 8.42 Å². The molecule has 2 rings (SSSR count). The van der Waals surface area contributed by atoms with Crippen LogP contribution in [0.4, 0.5) is 5.69 Å². The quantitative estimate of drug-likeness (QED) is 0.785. The SMILES string of the molecule is CC(C)c1ccc(NS(=O)(=O)c2cc(Cl)c(Br)s2)cc1. The first-order chi connectivity index (χ1) is 9.29. The van der Waals surface area contributed by atoms with Gasteiger partial charge in [-0.3, -0.25) is 4.72 Å². The largest absolute Gasteiger partial charge is 0.279 e. The first-order valence-corrected chi connectivity index (χ1v) is 9.34. The van der Waals surface area contributed by atoms with Gasteiger partial charge in [-0.05, 0) is 45.6 Å². The summed E-state index contributed by atoms with van der Waals surface area (Å²) >= 11 is 10.2. The first-order valence-electron chi connectivity index (χ1n) is 5.87. The molecule has 1 aromatic heterocycles. The van der Waals surface area contributed by atoms with E-state index in [1.807, 2.05) is 12.1 Å². The molecule has 0 unspecified atom stereocenters. The molecule has 0 bridgehead atoms. The van der Waals surface area contributed by atoms with Gasteiger partial charge in [-0.25, -0.2) is 8.42 Å². The van der Waals surface area contributed by atoms with Gasteiger partial charge in [0.25, 0.3) is 10.0 Å². The summed E-state index contributed by atoms with van der Waals surface area (Å²) in [6.45, 7) is 4.18. The van der Waals surface area contributed by atoms with Crippen LogP contribution in [0.3, 0.4) is 0 Å². The van der Waals surface area contributed by atoms with E-state index in [2.05, 4.69) is 34.5 Å². The van der Waals surface area contributed by atoms with Gasteiger partial charge in [0.2, 0.25) is 0 Å². The molecule has 0 aliphatic heterocycles. The van der Waals surface area contributed by atoms with Crippen molar-refractivity contribution in [2.24, 2.45) is 0 Å². The summed E-state index contributed by atoms with van der Waals surface area (Å²) in [4.78, 5) is 0. The van der Waals surface area contributed by atoms with Gasteiger partial charge in [-0.2, -0.15) is 0 Å². The number of nitrogens with one attached hydrogen (secondary N) is 1. The molecule has 108 valence electrons. The molecule has 0 fully saturated rings. The van der Waals surface area contributed by atoms with Gasteiger partial charge in [0.1, 0.15) is 4.21 Å². The summed E-state index contributed by atoms with van der Waals surface area (Å²) in [5, 5.41) is 0.394. The Morgan fingerprint density at radius 2 is 1.85 bits per heavy atom. The van der Waals surface area contributed by atoms with Crippen LogP contribution in [0.2, 0.25) is 5.02 Å². The molecule has 0 amide bonds. The molecule has 2 aromatic rings. The van der Waals surface area contributed by atoms with Crippen molar-refractivity contribution in [3.05, 3.63) is 44.7 Å². The van der Waals surface area contributed by atoms with Crippen LogP contribution in [0.5, 0.6) is 0 Å². The predicted molar refractivity (Wildman–Crippen MR) is 88.4 cm³/mol. The third kappa shape index (κ3) is 3.55. The topological polar surface area (TPSA) is 46.2 Å². The first kappa shape index (κ1) is 15.8. The zero-order chi connectivity index (χ0) is 14.9. The maximum atomic E-state index is 12.2. The van der Waals surface area contributed by atoms with E-state index in [0.29, 0.717) is 20.4 Å². The van der Waals surface area contributed by atoms with Crippen LogP contribution in [-0.2, 0) is 10.0 Å². The van der Waals surface area contributed by atoms with Gasteiger partial charge in [-0.15, -0.1) is 11.3 Å². The Labute approximate surface area is 136 Å². The van der Waals surface area contributed by atoms with Crippen LogP contribution in [0.1, 0.15) is 25.3 Å². The Bertz CT molecular complexity index is 689. The van der Waals surface area contributed by atoms with Crippen molar-refractivity contribution in [1.29, 1.82) is 0 Å². The summed E-state index contributed by atoms with van der Waals surface area (Å²) in [6, 6.07) is 8.79. The smallest absolute Gasteiger partial charge is 0.271 e. The van der Waals surface area contributed by atoms with E-state index in [1.165, 1.54) is 6.07 Å². The second-order valence-corrected chi connectivity index (χ2v) is 9.26. The molecular formula is C13H13BrClNO2S2. The zero-order valence-electron chi connectivity index (χ0n) is 10.9. The molecule has 1 aromatic carbocycles. The van der Waals surface area contributed by atoms with E-state index in [4.69, 9.17) is 11.6 Å². The van der Waals surface area contributed by atoms with Gasteiger partial charge in [-0.1, -0.05) is 37.6 Å². The number of sulfonamides is 1. The van der Waals surface area contributed by atoms with E-state index in [0.717, 1.165) is 16.9 Å². The standard InChI is InChI=1S/C13H13BrClNO2S2/c1-8(2)9-3-5-10(6-4-9)16-20(17,18)12-7-11(15)13(14)19-12/h3-8,16H,1-2H3. The summed E-state index contributed by atoms with van der Waals surface area (Å²) in [7, 11) is -3.59. The van der Waals surface area contributed by atoms with Gasteiger partial charge < -0.3 is 0 Å². The van der Waals surface area contributed by atoms with Crippen molar-refractivity contribution in [3.63, 3.8) is 0 Å². The third-order valence-electron chi connectivity index (χ3n) is 2.72. The molecule has 0 saturated heterocycles. The number of thiophene rings is 1.